The van der Waals surface area contributed by atoms with E-state index in [2.05, 4.69) is 5.32 Å². The molecule has 2 aliphatic rings. The number of urea groups is 1. The van der Waals surface area contributed by atoms with Crippen molar-refractivity contribution in [3.63, 3.8) is 0 Å². The maximum Gasteiger partial charge on any atom is 0.317 e. The summed E-state index contributed by atoms with van der Waals surface area (Å²) in [6, 6.07) is 6.56. The van der Waals surface area contributed by atoms with Gasteiger partial charge in [0.05, 0.1) is 0 Å². The molecule has 1 aromatic carbocycles. The maximum atomic E-state index is 13.3. The van der Waals surface area contributed by atoms with Crippen LogP contribution in [-0.4, -0.2) is 54.0 Å². The highest BCUT2D eigenvalue weighted by Crippen LogP contribution is 2.40. The van der Waals surface area contributed by atoms with E-state index in [1.54, 1.807) is 22.8 Å². The van der Waals surface area contributed by atoms with Gasteiger partial charge in [0.15, 0.2) is 0 Å². The van der Waals surface area contributed by atoms with Gasteiger partial charge in [0.2, 0.25) is 5.91 Å². The molecule has 2 atom stereocenters. The lowest BCUT2D eigenvalue weighted by molar-refractivity contribution is -0.128. The highest BCUT2D eigenvalue weighted by Gasteiger charge is 2.40. The number of carbonyl (C=O) groups excluding carboxylic acids is 2. The summed E-state index contributed by atoms with van der Waals surface area (Å²) in [5.74, 6) is 0.0206. The fourth-order valence-electron chi connectivity index (χ4n) is 3.15. The lowest BCUT2D eigenvalue weighted by Gasteiger charge is -2.22. The lowest BCUT2D eigenvalue weighted by atomic mass is 10.1. The van der Waals surface area contributed by atoms with Crippen molar-refractivity contribution in [2.45, 2.75) is 31.7 Å². The van der Waals surface area contributed by atoms with Gasteiger partial charge in [-0.1, -0.05) is 12.1 Å². The van der Waals surface area contributed by atoms with E-state index in [0.717, 1.165) is 18.4 Å². The number of rotatable bonds is 2. The number of benzene rings is 1. The number of amides is 3. The average molecular weight is 319 g/mol. The molecule has 1 saturated heterocycles. The standard InChI is InChI=1S/C17H22FN3O2/c1-12(22)20-6-3-7-21(9-8-20)17(23)19-16-11-15(16)13-4-2-5-14(18)10-13/h2,4-5,10,15-16H,3,6-9,11H2,1H3,(H,19,23)/t15-,16+/m1/s1. The van der Waals surface area contributed by atoms with Crippen LogP contribution in [-0.2, 0) is 4.79 Å². The Morgan fingerprint density at radius 3 is 2.65 bits per heavy atom. The van der Waals surface area contributed by atoms with Crippen LogP contribution in [0, 0.1) is 5.82 Å². The minimum Gasteiger partial charge on any atom is -0.341 e. The van der Waals surface area contributed by atoms with Crippen molar-refractivity contribution in [2.75, 3.05) is 26.2 Å². The maximum absolute atomic E-state index is 13.3. The van der Waals surface area contributed by atoms with Crippen LogP contribution in [0.25, 0.3) is 0 Å². The molecule has 3 amide bonds. The van der Waals surface area contributed by atoms with Gasteiger partial charge < -0.3 is 15.1 Å². The van der Waals surface area contributed by atoms with Crippen LogP contribution >= 0.6 is 0 Å². The summed E-state index contributed by atoms with van der Waals surface area (Å²) in [5.41, 5.74) is 0.939. The first kappa shape index (κ1) is 15.8. The Kier molecular flexibility index (Phi) is 4.50. The first-order valence-corrected chi connectivity index (χ1v) is 8.11. The average Bonchev–Trinajstić information content (AvgIpc) is 3.29. The quantitative estimate of drug-likeness (QED) is 0.906. The second kappa shape index (κ2) is 6.56. The molecule has 0 bridgehead atoms. The van der Waals surface area contributed by atoms with Gasteiger partial charge in [0.25, 0.3) is 0 Å². The molecule has 124 valence electrons. The zero-order chi connectivity index (χ0) is 16.4. The van der Waals surface area contributed by atoms with Crippen LogP contribution in [0.1, 0.15) is 31.2 Å². The fraction of sp³-hybridized carbons (Fsp3) is 0.529. The third-order valence-electron chi connectivity index (χ3n) is 4.60. The molecule has 2 fully saturated rings. The summed E-state index contributed by atoms with van der Waals surface area (Å²) in [7, 11) is 0. The monoisotopic (exact) mass is 319 g/mol. The van der Waals surface area contributed by atoms with E-state index in [-0.39, 0.29) is 29.7 Å². The molecule has 23 heavy (non-hydrogen) atoms. The molecule has 1 aromatic rings. The summed E-state index contributed by atoms with van der Waals surface area (Å²) in [6.45, 7) is 4.06. The van der Waals surface area contributed by atoms with E-state index >= 15 is 0 Å². The van der Waals surface area contributed by atoms with Crippen LogP contribution in [0.5, 0.6) is 0 Å². The smallest absolute Gasteiger partial charge is 0.317 e. The molecule has 1 heterocycles. The number of hydrogen-bond donors (Lipinski definition) is 1. The van der Waals surface area contributed by atoms with E-state index < -0.39 is 0 Å². The second-order valence-corrected chi connectivity index (χ2v) is 6.30. The molecule has 3 rings (SSSR count). The molecule has 6 heteroatoms. The highest BCUT2D eigenvalue weighted by molar-refractivity contribution is 5.76. The predicted molar refractivity (Wildman–Crippen MR) is 84.5 cm³/mol. The molecule has 1 N–H and O–H groups in total. The van der Waals surface area contributed by atoms with Gasteiger partial charge in [-0.05, 0) is 30.5 Å². The van der Waals surface area contributed by atoms with Crippen molar-refractivity contribution >= 4 is 11.9 Å². The van der Waals surface area contributed by atoms with Gasteiger partial charge in [-0.3, -0.25) is 4.79 Å². The van der Waals surface area contributed by atoms with E-state index in [1.165, 1.54) is 12.1 Å². The molecule has 1 aliphatic heterocycles. The number of carbonyl (C=O) groups is 2. The van der Waals surface area contributed by atoms with Crippen LogP contribution in [0.3, 0.4) is 0 Å². The second-order valence-electron chi connectivity index (χ2n) is 6.30. The molecule has 1 saturated carbocycles. The Balaban J connectivity index is 1.51. The van der Waals surface area contributed by atoms with Crippen molar-refractivity contribution in [3.8, 4) is 0 Å². The third kappa shape index (κ3) is 3.81. The fourth-order valence-corrected chi connectivity index (χ4v) is 3.15. The number of nitrogens with one attached hydrogen (secondary N) is 1. The summed E-state index contributed by atoms with van der Waals surface area (Å²) < 4.78 is 13.3. The topological polar surface area (TPSA) is 52.7 Å². The zero-order valence-corrected chi connectivity index (χ0v) is 13.3. The molecule has 0 spiro atoms. The van der Waals surface area contributed by atoms with Gasteiger partial charge in [-0.25, -0.2) is 9.18 Å². The Bertz CT molecular complexity index is 607. The predicted octanol–water partition coefficient (Wildman–Crippen LogP) is 1.95. The van der Waals surface area contributed by atoms with E-state index in [1.807, 2.05) is 6.07 Å². The molecule has 0 aromatic heterocycles. The molecule has 0 unspecified atom stereocenters. The molecule has 5 nitrogen and oxygen atoms in total. The van der Waals surface area contributed by atoms with Crippen LogP contribution in [0.15, 0.2) is 24.3 Å². The first-order chi connectivity index (χ1) is 11.0. The van der Waals surface area contributed by atoms with Crippen molar-refractivity contribution in [1.82, 2.24) is 15.1 Å². The van der Waals surface area contributed by atoms with E-state index in [0.29, 0.717) is 26.2 Å². The summed E-state index contributed by atoms with van der Waals surface area (Å²) in [6.07, 6.45) is 1.65. The highest BCUT2D eigenvalue weighted by atomic mass is 19.1. The summed E-state index contributed by atoms with van der Waals surface area (Å²) in [4.78, 5) is 27.3. The van der Waals surface area contributed by atoms with Gasteiger partial charge in [0.1, 0.15) is 5.82 Å². The number of hydrogen-bond acceptors (Lipinski definition) is 2. The van der Waals surface area contributed by atoms with Crippen LogP contribution in [0.4, 0.5) is 9.18 Å². The van der Waals surface area contributed by atoms with Gasteiger partial charge in [-0.15, -0.1) is 0 Å². The molecule has 0 radical (unpaired) electrons. The van der Waals surface area contributed by atoms with Crippen molar-refractivity contribution in [2.24, 2.45) is 0 Å². The van der Waals surface area contributed by atoms with Gasteiger partial charge in [-0.2, -0.15) is 0 Å². The SMILES string of the molecule is CC(=O)N1CCCN(C(=O)N[C@H]2C[C@@H]2c2cccc(F)c2)CC1. The Hall–Kier alpha value is -2.11. The minimum atomic E-state index is -0.240. The Labute approximate surface area is 135 Å². The minimum absolute atomic E-state index is 0.0561. The van der Waals surface area contributed by atoms with Crippen molar-refractivity contribution in [1.29, 1.82) is 0 Å². The van der Waals surface area contributed by atoms with Crippen molar-refractivity contribution in [3.05, 3.63) is 35.6 Å². The number of halogens is 1. The molecular formula is C17H22FN3O2. The first-order valence-electron chi connectivity index (χ1n) is 8.11. The summed E-state index contributed by atoms with van der Waals surface area (Å²) in [5, 5.41) is 3.02. The summed E-state index contributed by atoms with van der Waals surface area (Å²) >= 11 is 0. The molecular weight excluding hydrogens is 297 g/mol. The van der Waals surface area contributed by atoms with E-state index in [4.69, 9.17) is 0 Å². The van der Waals surface area contributed by atoms with Gasteiger partial charge >= 0.3 is 6.03 Å². The molecule has 1 aliphatic carbocycles. The van der Waals surface area contributed by atoms with E-state index in [9.17, 15) is 14.0 Å². The zero-order valence-electron chi connectivity index (χ0n) is 13.3. The lowest BCUT2D eigenvalue weighted by Crippen LogP contribution is -2.43. The van der Waals surface area contributed by atoms with Crippen LogP contribution < -0.4 is 5.32 Å². The largest absolute Gasteiger partial charge is 0.341 e. The Morgan fingerprint density at radius 1 is 1.17 bits per heavy atom. The normalized spacial score (nSPS) is 24.1. The number of nitrogens with zero attached hydrogens (tertiary/aromatic N) is 2. The Morgan fingerprint density at radius 2 is 1.91 bits per heavy atom. The third-order valence-corrected chi connectivity index (χ3v) is 4.60. The van der Waals surface area contributed by atoms with Crippen molar-refractivity contribution < 1.29 is 14.0 Å². The van der Waals surface area contributed by atoms with Crippen LogP contribution in [0.2, 0.25) is 0 Å². The van der Waals surface area contributed by atoms with Gasteiger partial charge in [0, 0.05) is 45.1 Å².